The maximum atomic E-state index is 12.2. The van der Waals surface area contributed by atoms with Crippen LogP contribution in [0.15, 0.2) is 5.16 Å². The van der Waals surface area contributed by atoms with E-state index < -0.39 is 0 Å². The number of thioether (sulfide) groups is 1. The second-order valence-electron chi connectivity index (χ2n) is 5.41. The molecule has 0 spiro atoms. The van der Waals surface area contributed by atoms with Crippen molar-refractivity contribution in [2.45, 2.75) is 68.8 Å². The lowest BCUT2D eigenvalue weighted by Crippen LogP contribution is -2.40. The molecule has 0 aliphatic heterocycles. The van der Waals surface area contributed by atoms with E-state index in [2.05, 4.69) is 22.4 Å². The Bertz CT molecular complexity index is 454. The van der Waals surface area contributed by atoms with E-state index in [0.717, 1.165) is 30.2 Å². The molecule has 112 valence electrons. The zero-order valence-corrected chi connectivity index (χ0v) is 13.4. The molecule has 5 nitrogen and oxygen atoms in total. The first kappa shape index (κ1) is 15.4. The van der Waals surface area contributed by atoms with Crippen molar-refractivity contribution in [3.8, 4) is 0 Å². The summed E-state index contributed by atoms with van der Waals surface area (Å²) in [5.41, 5.74) is 0. The molecular weight excluding hydrogens is 272 g/mol. The van der Waals surface area contributed by atoms with Gasteiger partial charge in [-0.15, -0.1) is 10.2 Å². The van der Waals surface area contributed by atoms with Gasteiger partial charge in [0, 0.05) is 19.5 Å². The summed E-state index contributed by atoms with van der Waals surface area (Å²) >= 11 is 1.48. The van der Waals surface area contributed by atoms with Crippen molar-refractivity contribution in [2.24, 2.45) is 7.05 Å². The molecule has 0 radical (unpaired) electrons. The monoisotopic (exact) mass is 296 g/mol. The van der Waals surface area contributed by atoms with Gasteiger partial charge in [0.15, 0.2) is 5.16 Å². The first-order chi connectivity index (χ1) is 9.61. The van der Waals surface area contributed by atoms with Crippen LogP contribution in [0.1, 0.15) is 51.8 Å². The minimum absolute atomic E-state index is 0.114. The molecular formula is C14H24N4OS. The number of rotatable bonds is 5. The number of carbonyl (C=O) groups is 1. The van der Waals surface area contributed by atoms with E-state index in [1.807, 2.05) is 18.5 Å². The Labute approximate surface area is 124 Å². The summed E-state index contributed by atoms with van der Waals surface area (Å²) in [6.07, 6.45) is 6.85. The highest BCUT2D eigenvalue weighted by Gasteiger charge is 2.22. The topological polar surface area (TPSA) is 59.8 Å². The Kier molecular flexibility index (Phi) is 5.46. The maximum absolute atomic E-state index is 12.2. The Morgan fingerprint density at radius 3 is 2.70 bits per heavy atom. The molecule has 1 N–H and O–H groups in total. The van der Waals surface area contributed by atoms with E-state index in [-0.39, 0.29) is 11.2 Å². The van der Waals surface area contributed by atoms with Crippen LogP contribution < -0.4 is 5.32 Å². The van der Waals surface area contributed by atoms with Crippen LogP contribution in [-0.2, 0) is 18.3 Å². The van der Waals surface area contributed by atoms with Crippen LogP contribution in [0.3, 0.4) is 0 Å². The Morgan fingerprint density at radius 2 is 2.10 bits per heavy atom. The molecule has 1 saturated carbocycles. The number of carbonyl (C=O) groups excluding carboxylic acids is 1. The molecule has 0 aromatic carbocycles. The van der Waals surface area contributed by atoms with E-state index in [1.54, 1.807) is 0 Å². The molecule has 1 heterocycles. The number of aryl methyl sites for hydroxylation is 1. The van der Waals surface area contributed by atoms with Crippen molar-refractivity contribution in [1.82, 2.24) is 20.1 Å². The fourth-order valence-electron chi connectivity index (χ4n) is 2.53. The van der Waals surface area contributed by atoms with Crippen molar-refractivity contribution in [2.75, 3.05) is 0 Å². The van der Waals surface area contributed by atoms with E-state index in [1.165, 1.54) is 31.0 Å². The minimum Gasteiger partial charge on any atom is -0.352 e. The molecule has 20 heavy (non-hydrogen) atoms. The van der Waals surface area contributed by atoms with Gasteiger partial charge < -0.3 is 9.88 Å². The van der Waals surface area contributed by atoms with E-state index >= 15 is 0 Å². The third-order valence-electron chi connectivity index (χ3n) is 3.84. The average molecular weight is 296 g/mol. The lowest BCUT2D eigenvalue weighted by molar-refractivity contribution is -0.121. The quantitative estimate of drug-likeness (QED) is 0.847. The summed E-state index contributed by atoms with van der Waals surface area (Å²) in [6.45, 7) is 3.99. The summed E-state index contributed by atoms with van der Waals surface area (Å²) in [5, 5.41) is 12.1. The Hall–Kier alpha value is -1.04. The summed E-state index contributed by atoms with van der Waals surface area (Å²) in [7, 11) is 1.95. The standard InChI is InChI=1S/C14H24N4OS/c1-4-12-16-17-14(18(12)3)20-10(2)13(19)15-11-8-6-5-7-9-11/h10-11H,4-9H2,1-3H3,(H,15,19)/t10-/m1/s1. The zero-order chi connectivity index (χ0) is 14.5. The molecule has 1 aliphatic carbocycles. The molecule has 6 heteroatoms. The predicted octanol–water partition coefficient (Wildman–Crippen LogP) is 2.31. The van der Waals surface area contributed by atoms with E-state index in [4.69, 9.17) is 0 Å². The van der Waals surface area contributed by atoms with Gasteiger partial charge in [-0.2, -0.15) is 0 Å². The van der Waals surface area contributed by atoms with Gasteiger partial charge in [0.1, 0.15) is 5.82 Å². The van der Waals surface area contributed by atoms with Crippen LogP contribution in [0.25, 0.3) is 0 Å². The second kappa shape index (κ2) is 7.11. The summed E-state index contributed by atoms with van der Waals surface area (Å²) in [6, 6.07) is 0.366. The molecule has 1 fully saturated rings. The average Bonchev–Trinajstić information content (AvgIpc) is 2.80. The summed E-state index contributed by atoms with van der Waals surface area (Å²) in [4.78, 5) is 12.2. The predicted molar refractivity (Wildman–Crippen MR) is 80.7 cm³/mol. The number of hydrogen-bond donors (Lipinski definition) is 1. The van der Waals surface area contributed by atoms with Crippen LogP contribution in [0.2, 0.25) is 0 Å². The lowest BCUT2D eigenvalue weighted by Gasteiger charge is -2.24. The second-order valence-corrected chi connectivity index (χ2v) is 6.72. The van der Waals surface area contributed by atoms with Gasteiger partial charge in [-0.05, 0) is 19.8 Å². The largest absolute Gasteiger partial charge is 0.352 e. The van der Waals surface area contributed by atoms with Gasteiger partial charge in [0.25, 0.3) is 0 Å². The third kappa shape index (κ3) is 3.75. The van der Waals surface area contributed by atoms with E-state index in [0.29, 0.717) is 6.04 Å². The first-order valence-corrected chi connectivity index (χ1v) is 8.35. The number of aromatic nitrogens is 3. The molecule has 1 aromatic rings. The Morgan fingerprint density at radius 1 is 1.40 bits per heavy atom. The normalized spacial score (nSPS) is 17.9. The zero-order valence-electron chi connectivity index (χ0n) is 12.6. The number of nitrogens with one attached hydrogen (secondary N) is 1. The molecule has 0 unspecified atom stereocenters. The van der Waals surface area contributed by atoms with Crippen LogP contribution in [0.5, 0.6) is 0 Å². The van der Waals surface area contributed by atoms with E-state index in [9.17, 15) is 4.79 Å². The van der Waals surface area contributed by atoms with Gasteiger partial charge in [-0.1, -0.05) is 37.9 Å². The molecule has 1 amide bonds. The molecule has 1 atom stereocenters. The molecule has 0 saturated heterocycles. The minimum atomic E-state index is -0.135. The lowest BCUT2D eigenvalue weighted by atomic mass is 9.95. The number of hydrogen-bond acceptors (Lipinski definition) is 4. The van der Waals surface area contributed by atoms with Crippen molar-refractivity contribution in [3.63, 3.8) is 0 Å². The Balaban J connectivity index is 1.88. The van der Waals surface area contributed by atoms with Crippen molar-refractivity contribution >= 4 is 17.7 Å². The van der Waals surface area contributed by atoms with Crippen LogP contribution in [0.4, 0.5) is 0 Å². The van der Waals surface area contributed by atoms with Crippen LogP contribution in [0, 0.1) is 0 Å². The maximum Gasteiger partial charge on any atom is 0.233 e. The summed E-state index contributed by atoms with van der Waals surface area (Å²) < 4.78 is 1.97. The molecule has 0 bridgehead atoms. The van der Waals surface area contributed by atoms with Crippen molar-refractivity contribution < 1.29 is 4.79 Å². The highest BCUT2D eigenvalue weighted by Crippen LogP contribution is 2.23. The van der Waals surface area contributed by atoms with Gasteiger partial charge in [-0.3, -0.25) is 4.79 Å². The molecule has 1 aliphatic rings. The SMILES string of the molecule is CCc1nnc(S[C@H](C)C(=O)NC2CCCCC2)n1C. The van der Waals surface area contributed by atoms with Gasteiger partial charge in [0.2, 0.25) is 5.91 Å². The van der Waals surface area contributed by atoms with Gasteiger partial charge >= 0.3 is 0 Å². The van der Waals surface area contributed by atoms with Crippen LogP contribution in [-0.4, -0.2) is 32.0 Å². The fourth-order valence-corrected chi connectivity index (χ4v) is 3.38. The first-order valence-electron chi connectivity index (χ1n) is 7.47. The van der Waals surface area contributed by atoms with Crippen molar-refractivity contribution in [3.05, 3.63) is 5.82 Å². The van der Waals surface area contributed by atoms with Gasteiger partial charge in [0.05, 0.1) is 5.25 Å². The molecule has 2 rings (SSSR count). The fraction of sp³-hybridized carbons (Fsp3) is 0.786. The van der Waals surface area contributed by atoms with Crippen LogP contribution >= 0.6 is 11.8 Å². The smallest absolute Gasteiger partial charge is 0.233 e. The summed E-state index contributed by atoms with van der Waals surface area (Å²) in [5.74, 6) is 1.07. The van der Waals surface area contributed by atoms with Crippen molar-refractivity contribution in [1.29, 1.82) is 0 Å². The number of nitrogens with zero attached hydrogens (tertiary/aromatic N) is 3. The van der Waals surface area contributed by atoms with Gasteiger partial charge in [-0.25, -0.2) is 0 Å². The molecule has 1 aromatic heterocycles. The number of amides is 1. The highest BCUT2D eigenvalue weighted by molar-refractivity contribution is 8.00. The highest BCUT2D eigenvalue weighted by atomic mass is 32.2. The third-order valence-corrected chi connectivity index (χ3v) is 4.98.